The molecule has 1 aliphatic heterocycles. The van der Waals surface area contributed by atoms with E-state index in [0.717, 1.165) is 24.2 Å². The number of aliphatic carboxylic acids is 1. The third-order valence-electron chi connectivity index (χ3n) is 7.27. The second kappa shape index (κ2) is 10.2. The van der Waals surface area contributed by atoms with E-state index in [-0.39, 0.29) is 35.8 Å². The van der Waals surface area contributed by atoms with Gasteiger partial charge in [-0.3, -0.25) is 9.69 Å². The van der Waals surface area contributed by atoms with E-state index in [2.05, 4.69) is 15.0 Å². The molecule has 1 saturated carbocycles. The van der Waals surface area contributed by atoms with Gasteiger partial charge >= 0.3 is 5.97 Å². The lowest BCUT2D eigenvalue weighted by Crippen LogP contribution is -2.44. The van der Waals surface area contributed by atoms with Crippen molar-refractivity contribution < 1.29 is 27.9 Å². The number of hydrogen-bond acceptors (Lipinski definition) is 6. The van der Waals surface area contributed by atoms with Gasteiger partial charge in [0.15, 0.2) is 0 Å². The summed E-state index contributed by atoms with van der Waals surface area (Å²) in [5.41, 5.74) is 4.05. The molecule has 7 nitrogen and oxygen atoms in total. The highest BCUT2D eigenvalue weighted by Gasteiger charge is 2.39. The maximum Gasteiger partial charge on any atom is 0.306 e. The molecule has 0 spiro atoms. The van der Waals surface area contributed by atoms with Gasteiger partial charge in [-0.25, -0.2) is 8.78 Å². The number of benzene rings is 3. The standard InChI is InChI=1S/C28H23F2N3O4.ClH/c1-36-25-12-23(24(30)11-22(25)15-3-2-4-20(29)8-15)27-31-26(32-37-27)16-5-6-17-13-33(14-19(17)7-16)21-9-18(10-21)28(34)35;/h2-8,11-12,18,21H,9-10,13-14H2,1H3,(H,34,35);1H. The summed E-state index contributed by atoms with van der Waals surface area (Å²) in [7, 11) is 1.46. The molecule has 0 unspecified atom stereocenters. The van der Waals surface area contributed by atoms with Gasteiger partial charge in [0.25, 0.3) is 5.89 Å². The molecule has 1 aliphatic carbocycles. The maximum absolute atomic E-state index is 15.1. The molecule has 10 heteroatoms. The molecule has 196 valence electrons. The fraction of sp³-hybridized carbons (Fsp3) is 0.250. The summed E-state index contributed by atoms with van der Waals surface area (Å²) >= 11 is 0. The fourth-order valence-corrected chi connectivity index (χ4v) is 5.12. The van der Waals surface area contributed by atoms with Crippen LogP contribution < -0.4 is 4.74 Å². The van der Waals surface area contributed by atoms with Gasteiger partial charge in [0.1, 0.15) is 17.4 Å². The average Bonchev–Trinajstić information content (AvgIpc) is 3.49. The van der Waals surface area contributed by atoms with Crippen molar-refractivity contribution >= 4 is 18.4 Å². The number of methoxy groups -OCH3 is 1. The smallest absolute Gasteiger partial charge is 0.306 e. The molecule has 3 aromatic carbocycles. The van der Waals surface area contributed by atoms with Crippen LogP contribution in [0.4, 0.5) is 8.78 Å². The molecule has 1 N–H and O–H groups in total. The number of ether oxygens (including phenoxy) is 1. The summed E-state index contributed by atoms with van der Waals surface area (Å²) in [4.78, 5) is 17.9. The summed E-state index contributed by atoms with van der Waals surface area (Å²) in [5.74, 6) is -1.31. The number of rotatable bonds is 6. The first-order valence-corrected chi connectivity index (χ1v) is 12.0. The van der Waals surface area contributed by atoms with Crippen LogP contribution in [0.2, 0.25) is 0 Å². The molecule has 6 rings (SSSR count). The zero-order valence-electron chi connectivity index (χ0n) is 20.4. The Labute approximate surface area is 223 Å². The number of carbonyl (C=O) groups is 1. The predicted octanol–water partition coefficient (Wildman–Crippen LogP) is 5.96. The number of aromatic nitrogens is 2. The van der Waals surface area contributed by atoms with Crippen LogP contribution in [0.15, 0.2) is 59.1 Å². The molecule has 4 aromatic rings. The Balaban J connectivity index is 0.00000294. The molecule has 38 heavy (non-hydrogen) atoms. The van der Waals surface area contributed by atoms with E-state index in [4.69, 9.17) is 14.4 Å². The largest absolute Gasteiger partial charge is 0.496 e. The lowest BCUT2D eigenvalue weighted by Gasteiger charge is -2.39. The molecule has 0 bridgehead atoms. The zero-order chi connectivity index (χ0) is 25.7. The molecular formula is C28H24ClF2N3O4. The minimum Gasteiger partial charge on any atom is -0.496 e. The molecule has 0 saturated heterocycles. The van der Waals surface area contributed by atoms with Crippen molar-refractivity contribution in [3.05, 3.63) is 77.4 Å². The van der Waals surface area contributed by atoms with Crippen LogP contribution in [0.1, 0.15) is 24.0 Å². The third kappa shape index (κ3) is 4.63. The second-order valence-corrected chi connectivity index (χ2v) is 9.51. The Kier molecular flexibility index (Phi) is 6.90. The highest BCUT2D eigenvalue weighted by atomic mass is 35.5. The molecule has 2 aliphatic rings. The zero-order valence-corrected chi connectivity index (χ0v) is 21.2. The summed E-state index contributed by atoms with van der Waals surface area (Å²) in [6, 6.07) is 14.8. The molecule has 1 fully saturated rings. The Bertz CT molecular complexity index is 1520. The van der Waals surface area contributed by atoms with Gasteiger partial charge in [0.2, 0.25) is 5.82 Å². The van der Waals surface area contributed by atoms with Crippen molar-refractivity contribution in [3.63, 3.8) is 0 Å². The Morgan fingerprint density at radius 1 is 1.03 bits per heavy atom. The summed E-state index contributed by atoms with van der Waals surface area (Å²) in [5, 5.41) is 13.2. The van der Waals surface area contributed by atoms with E-state index in [1.807, 2.05) is 18.2 Å². The molecule has 0 radical (unpaired) electrons. The minimum absolute atomic E-state index is 0. The van der Waals surface area contributed by atoms with Crippen LogP contribution in [0.25, 0.3) is 34.0 Å². The number of fused-ring (bicyclic) bond motifs is 1. The maximum atomic E-state index is 15.1. The van der Waals surface area contributed by atoms with Crippen molar-refractivity contribution in [2.45, 2.75) is 32.0 Å². The van der Waals surface area contributed by atoms with Crippen molar-refractivity contribution in [2.24, 2.45) is 5.92 Å². The van der Waals surface area contributed by atoms with Gasteiger partial charge in [-0.1, -0.05) is 29.4 Å². The van der Waals surface area contributed by atoms with Crippen molar-refractivity contribution in [2.75, 3.05) is 7.11 Å². The lowest BCUT2D eigenvalue weighted by molar-refractivity contribution is -0.147. The highest BCUT2D eigenvalue weighted by Crippen LogP contribution is 2.39. The van der Waals surface area contributed by atoms with Crippen LogP contribution in [0, 0.1) is 17.6 Å². The van der Waals surface area contributed by atoms with E-state index in [0.29, 0.717) is 35.5 Å². The van der Waals surface area contributed by atoms with Gasteiger partial charge in [0.05, 0.1) is 18.6 Å². The Hall–Kier alpha value is -3.82. The topological polar surface area (TPSA) is 88.7 Å². The summed E-state index contributed by atoms with van der Waals surface area (Å²) in [6.45, 7) is 1.52. The average molecular weight is 540 g/mol. The molecule has 1 aromatic heterocycles. The first-order valence-electron chi connectivity index (χ1n) is 12.0. The number of carboxylic acid groups (broad SMARTS) is 1. The van der Waals surface area contributed by atoms with Gasteiger partial charge in [-0.2, -0.15) is 4.98 Å². The van der Waals surface area contributed by atoms with E-state index in [1.54, 1.807) is 12.1 Å². The monoisotopic (exact) mass is 539 g/mol. The van der Waals surface area contributed by atoms with E-state index >= 15 is 4.39 Å². The summed E-state index contributed by atoms with van der Waals surface area (Å²) in [6.07, 6.45) is 1.36. The fourth-order valence-electron chi connectivity index (χ4n) is 5.12. The minimum atomic E-state index is -0.721. The van der Waals surface area contributed by atoms with Crippen molar-refractivity contribution in [1.29, 1.82) is 0 Å². The second-order valence-electron chi connectivity index (χ2n) is 9.51. The highest BCUT2D eigenvalue weighted by molar-refractivity contribution is 5.85. The van der Waals surface area contributed by atoms with Crippen LogP contribution in [0.3, 0.4) is 0 Å². The van der Waals surface area contributed by atoms with Crippen LogP contribution in [0.5, 0.6) is 5.75 Å². The first kappa shape index (κ1) is 25.8. The van der Waals surface area contributed by atoms with Gasteiger partial charge in [0, 0.05) is 30.3 Å². The Morgan fingerprint density at radius 3 is 2.55 bits per heavy atom. The number of carboxylic acids is 1. The van der Waals surface area contributed by atoms with Crippen molar-refractivity contribution in [3.8, 4) is 39.7 Å². The first-order chi connectivity index (χ1) is 17.9. The van der Waals surface area contributed by atoms with Gasteiger partial charge in [-0.15, -0.1) is 12.4 Å². The van der Waals surface area contributed by atoms with E-state index < -0.39 is 17.6 Å². The molecule has 0 amide bonds. The van der Waals surface area contributed by atoms with Gasteiger partial charge < -0.3 is 14.4 Å². The third-order valence-corrected chi connectivity index (χ3v) is 7.27. The number of nitrogens with zero attached hydrogens (tertiary/aromatic N) is 3. The normalized spacial score (nSPS) is 18.4. The molecular weight excluding hydrogens is 516 g/mol. The van der Waals surface area contributed by atoms with E-state index in [1.165, 1.54) is 36.9 Å². The summed E-state index contributed by atoms with van der Waals surface area (Å²) < 4.78 is 39.7. The molecule has 0 atom stereocenters. The van der Waals surface area contributed by atoms with Crippen LogP contribution in [-0.4, -0.2) is 39.3 Å². The predicted molar refractivity (Wildman–Crippen MR) is 138 cm³/mol. The molecule has 2 heterocycles. The van der Waals surface area contributed by atoms with Crippen molar-refractivity contribution in [1.82, 2.24) is 15.0 Å². The number of hydrogen-bond donors (Lipinski definition) is 1. The van der Waals surface area contributed by atoms with Crippen LogP contribution >= 0.6 is 12.4 Å². The Morgan fingerprint density at radius 2 is 1.82 bits per heavy atom. The SMILES string of the molecule is COc1cc(-c2nc(-c3ccc4c(c3)CN(C3CC(C(=O)O)C3)C4)no2)c(F)cc1-c1cccc(F)c1.Cl. The lowest BCUT2D eigenvalue weighted by atomic mass is 9.79. The van der Waals surface area contributed by atoms with Gasteiger partial charge in [-0.05, 0) is 59.9 Å². The quantitative estimate of drug-likeness (QED) is 0.323. The number of halogens is 3. The van der Waals surface area contributed by atoms with Crippen LogP contribution in [-0.2, 0) is 17.9 Å². The van der Waals surface area contributed by atoms with E-state index in [9.17, 15) is 9.18 Å².